The number of hydrogen-bond acceptors (Lipinski definition) is 21. The van der Waals surface area contributed by atoms with Gasteiger partial charge in [0.2, 0.25) is 0 Å². The van der Waals surface area contributed by atoms with Crippen molar-refractivity contribution in [3.63, 3.8) is 0 Å². The molecule has 0 N–H and O–H groups in total. The zero-order valence-electron chi connectivity index (χ0n) is 76.5. The highest BCUT2D eigenvalue weighted by molar-refractivity contribution is 7.70. The van der Waals surface area contributed by atoms with E-state index in [0.29, 0.717) is 103 Å². The lowest BCUT2D eigenvalue weighted by atomic mass is 10.0. The minimum Gasteiger partial charge on any atom is -0.457 e. The molecule has 23 heteroatoms. The molecule has 19 nitrogen and oxygen atoms in total. The Bertz CT molecular complexity index is 10800. The number of nitriles is 2. The maximum Gasteiger partial charge on any atom is 0.190 e. The smallest absolute Gasteiger partial charge is 0.190 e. The average Bonchev–Trinajstić information content (AvgIpc) is 1.73. The van der Waals surface area contributed by atoms with Gasteiger partial charge in [0.05, 0.1) is 18.2 Å². The van der Waals surface area contributed by atoms with E-state index in [-0.39, 0.29) is 0 Å². The molecule has 0 saturated heterocycles. The first-order valence-corrected chi connectivity index (χ1v) is 51.7. The Balaban J connectivity index is 0.000000106. The van der Waals surface area contributed by atoms with Crippen molar-refractivity contribution in [1.29, 1.82) is 10.5 Å². The van der Waals surface area contributed by atoms with E-state index < -0.39 is 7.14 Å². The lowest BCUT2D eigenvalue weighted by Crippen LogP contribution is -2.03. The van der Waals surface area contributed by atoms with E-state index in [0.717, 1.165) is 179 Å². The van der Waals surface area contributed by atoms with Gasteiger partial charge in [0.1, 0.15) is 80.2 Å². The molecule has 30 aromatic rings. The number of aromatic nitrogens is 9. The Labute approximate surface area is 833 Å². The Hall–Kier alpha value is -18.9. The summed E-state index contributed by atoms with van der Waals surface area (Å²) < 4.78 is 57.4. The maximum absolute atomic E-state index is 13.2. The summed E-state index contributed by atoms with van der Waals surface area (Å²) in [5.41, 5.74) is 17.8. The summed E-state index contributed by atoms with van der Waals surface area (Å²) in [6.45, 7) is 11.0. The molecule has 678 valence electrons. The minimum atomic E-state index is -2.54. The lowest BCUT2D eigenvalue weighted by Gasteiger charge is -2.10. The van der Waals surface area contributed by atoms with Gasteiger partial charge in [-0.25, -0.2) is 49.7 Å². The SMILES string of the molecule is CP(C)(=O)c1cccc2oc3cc(-c4nc(-c5ccc6oc7ccccc7c6c5)nc(-c5ccc6sc7ccccc7c6c5)n4)ccc3c12.N#Cc1c(-c2nc(-c3ccc4oc5ccccc5c4c3)nc(-c3ccc4sc5ccccc5c4c3)n2)ccc2c1oc1ccccc12.[C-]#[N+]c1ccc2c(c1)oc1cc(-c3nc(-c4ccc5oc6ccccc6c5c4)nc(-c4ccc5sc6cc(C#N)ccc6c5c4)n3)ccc12. The van der Waals surface area contributed by atoms with E-state index in [9.17, 15) is 15.1 Å². The highest BCUT2D eigenvalue weighted by Crippen LogP contribution is 2.48. The second-order valence-corrected chi connectivity index (χ2v) is 42.5. The highest BCUT2D eigenvalue weighted by atomic mass is 32.1. The fourth-order valence-electron chi connectivity index (χ4n) is 20.0. The van der Waals surface area contributed by atoms with Crippen molar-refractivity contribution in [3.05, 3.63) is 380 Å². The maximum atomic E-state index is 13.2. The zero-order chi connectivity index (χ0) is 96.6. The van der Waals surface area contributed by atoms with Crippen LogP contribution in [0.15, 0.2) is 384 Å². The summed E-state index contributed by atoms with van der Waals surface area (Å²) in [6, 6.07) is 123. The molecule has 0 aliphatic rings. The molecule has 0 fully saturated rings. The van der Waals surface area contributed by atoms with Crippen LogP contribution in [-0.2, 0) is 4.57 Å². The van der Waals surface area contributed by atoms with Crippen LogP contribution in [0, 0.1) is 29.2 Å². The molecule has 18 aromatic carbocycles. The Kier molecular flexibility index (Phi) is 19.3. The molecule has 0 amide bonds. The van der Waals surface area contributed by atoms with E-state index in [2.05, 4.69) is 150 Å². The number of hydrogen-bond donors (Lipinski definition) is 0. The Morgan fingerprint density at radius 1 is 0.255 bits per heavy atom. The van der Waals surface area contributed by atoms with Crippen molar-refractivity contribution in [3.8, 4) is 115 Å². The first kappa shape index (κ1) is 84.2. The van der Waals surface area contributed by atoms with Gasteiger partial charge in [0.25, 0.3) is 0 Å². The molecular formula is C122H65N12O7PS3. The van der Waals surface area contributed by atoms with Crippen molar-refractivity contribution in [2.75, 3.05) is 13.3 Å². The van der Waals surface area contributed by atoms with Gasteiger partial charge >= 0.3 is 0 Å². The van der Waals surface area contributed by atoms with Gasteiger partial charge < -0.3 is 31.1 Å². The fraction of sp³-hybridized carbons (Fsp3) is 0.0164. The fourth-order valence-corrected chi connectivity index (χ4v) is 24.6. The van der Waals surface area contributed by atoms with E-state index in [4.69, 9.17) is 77.9 Å². The quantitative estimate of drug-likeness (QED) is 0.0909. The van der Waals surface area contributed by atoms with Gasteiger partial charge in [0, 0.05) is 181 Å². The standard InChI is InChI=1S/C41H19N5O2S.C41H26N3O3PS.C40H20N4O2S/c1-43-26-10-13-29-28-12-7-25(19-35(28)48-36(29)20-26)41-45-39(23-8-14-34-31(17-23)27-4-2-3-5-33(27)47-34)44-40(46-41)24-9-15-37-32(18-24)30-11-6-22(21-42)16-38(30)49-37;1-48(2,45)35-12-7-11-33-38(35)28-17-14-25(22-34(28)47-33)41-43-39(23-15-18-32-29(20-23)26-8-3-5-10-31(26)46-32)42-40(44-41)24-16-19-37-30(21-24)27-9-4-6-13-36(27)49-37;41-21-31-28(16-15-27-24-7-1-5-11-33(24)46-37(27)31)40-43-38(22-13-17-34-29(19-22)25-8-2-4-10-32(25)45-34)42-39(44-40)23-14-18-36-30(20-23)26-9-3-6-12-35(26)47-36/h2-20H;3-22H,1-2H3;1-20H. The summed E-state index contributed by atoms with van der Waals surface area (Å²) in [7, 11) is -2.54. The van der Waals surface area contributed by atoms with E-state index in [1.165, 1.54) is 35.0 Å². The summed E-state index contributed by atoms with van der Waals surface area (Å²) >= 11 is 5.21. The third-order valence-electron chi connectivity index (χ3n) is 27.0. The predicted octanol–water partition coefficient (Wildman–Crippen LogP) is 33.7. The third kappa shape index (κ3) is 14.3. The predicted molar refractivity (Wildman–Crippen MR) is 586 cm³/mol. The molecule has 0 atom stereocenters. The molecule has 12 heterocycles. The zero-order valence-corrected chi connectivity index (χ0v) is 79.8. The second kappa shape index (κ2) is 33.2. The number of para-hydroxylation sites is 4. The molecule has 145 heavy (non-hydrogen) atoms. The Morgan fingerprint density at radius 2 is 0.572 bits per heavy atom. The number of rotatable bonds is 10. The summed E-state index contributed by atoms with van der Waals surface area (Å²) in [4.78, 5) is 48.9. The summed E-state index contributed by atoms with van der Waals surface area (Å²) in [5.74, 6) is 4.68. The van der Waals surface area contributed by atoms with Crippen LogP contribution >= 0.6 is 41.2 Å². The summed E-state index contributed by atoms with van der Waals surface area (Å²) in [5, 5.41) is 39.3. The molecule has 12 aromatic heterocycles. The molecule has 0 unspecified atom stereocenters. The first-order valence-electron chi connectivity index (χ1n) is 46.6. The largest absolute Gasteiger partial charge is 0.457 e. The van der Waals surface area contributed by atoms with E-state index >= 15 is 0 Å². The molecule has 0 aliphatic carbocycles. The first-order chi connectivity index (χ1) is 71.2. The number of nitrogens with zero attached hydrogens (tertiary/aromatic N) is 12. The third-order valence-corrected chi connectivity index (χ3v) is 32.0. The van der Waals surface area contributed by atoms with Crippen molar-refractivity contribution in [1.82, 2.24) is 44.9 Å². The van der Waals surface area contributed by atoms with Gasteiger partial charge in [-0.2, -0.15) is 10.5 Å². The van der Waals surface area contributed by atoms with E-state index in [1.54, 1.807) is 59.5 Å². The van der Waals surface area contributed by atoms with Gasteiger partial charge in [-0.05, 0) is 220 Å². The van der Waals surface area contributed by atoms with Crippen LogP contribution in [0.1, 0.15) is 11.1 Å². The molecule has 0 saturated carbocycles. The number of fused-ring (bicyclic) bond motifs is 27. The number of furan rings is 6. The van der Waals surface area contributed by atoms with Crippen LogP contribution in [-0.4, -0.2) is 58.2 Å². The second-order valence-electron chi connectivity index (χ2n) is 36.1. The van der Waals surface area contributed by atoms with Gasteiger partial charge in [-0.3, -0.25) is 0 Å². The van der Waals surface area contributed by atoms with Crippen LogP contribution in [0.2, 0.25) is 0 Å². The van der Waals surface area contributed by atoms with Gasteiger partial charge in [-0.1, -0.05) is 152 Å². The topological polar surface area (TPSA) is 264 Å². The van der Waals surface area contributed by atoms with Gasteiger partial charge in [0.15, 0.2) is 63.7 Å². The number of benzene rings is 18. The lowest BCUT2D eigenvalue weighted by molar-refractivity contribution is 0.588. The van der Waals surface area contributed by atoms with E-state index in [1.807, 2.05) is 212 Å². The Morgan fingerprint density at radius 3 is 1.03 bits per heavy atom. The van der Waals surface area contributed by atoms with Crippen molar-refractivity contribution >= 4 is 244 Å². The average molecular weight is 1940 g/mol. The van der Waals surface area contributed by atoms with Crippen molar-refractivity contribution in [2.45, 2.75) is 0 Å². The highest BCUT2D eigenvalue weighted by Gasteiger charge is 2.27. The van der Waals surface area contributed by atoms with Crippen LogP contribution in [0.5, 0.6) is 0 Å². The molecule has 0 bridgehead atoms. The van der Waals surface area contributed by atoms with Crippen LogP contribution in [0.25, 0.3) is 299 Å². The number of thiophene rings is 3. The summed E-state index contributed by atoms with van der Waals surface area (Å²) in [6.07, 6.45) is 0. The van der Waals surface area contributed by atoms with Crippen LogP contribution in [0.3, 0.4) is 0 Å². The van der Waals surface area contributed by atoms with Gasteiger partial charge in [-0.15, -0.1) is 34.0 Å². The molecule has 0 aliphatic heterocycles. The molecule has 0 radical (unpaired) electrons. The van der Waals surface area contributed by atoms with Crippen LogP contribution < -0.4 is 5.30 Å². The van der Waals surface area contributed by atoms with Crippen molar-refractivity contribution in [2.24, 2.45) is 0 Å². The normalized spacial score (nSPS) is 11.9. The minimum absolute atomic E-state index is 0.386. The molecule has 30 rings (SSSR count). The van der Waals surface area contributed by atoms with Crippen LogP contribution in [0.4, 0.5) is 5.69 Å². The molecular weight excluding hydrogens is 1870 g/mol. The monoisotopic (exact) mass is 1940 g/mol. The molecule has 0 spiro atoms. The van der Waals surface area contributed by atoms with Crippen molar-refractivity contribution < 1.29 is 31.1 Å².